The smallest absolute Gasteiger partial charge is 0.203 e. The lowest BCUT2D eigenvalue weighted by Gasteiger charge is -2.24. The molecule has 0 aromatic carbocycles. The van der Waals surface area contributed by atoms with Crippen LogP contribution in [0, 0.1) is 11.7 Å². The summed E-state index contributed by atoms with van der Waals surface area (Å²) in [6, 6.07) is 0. The number of ether oxygens (including phenoxy) is 5. The van der Waals surface area contributed by atoms with Crippen molar-refractivity contribution in [3.63, 3.8) is 0 Å². The Balaban J connectivity index is 2.33. The molecule has 2 heterocycles. The highest BCUT2D eigenvalue weighted by Crippen LogP contribution is 2.34. The van der Waals surface area contributed by atoms with Crippen molar-refractivity contribution in [2.24, 2.45) is 0 Å². The van der Waals surface area contributed by atoms with Crippen LogP contribution in [-0.2, 0) is 23.7 Å². The third kappa shape index (κ3) is 4.11. The van der Waals surface area contributed by atoms with Crippen molar-refractivity contribution < 1.29 is 23.7 Å². The summed E-state index contributed by atoms with van der Waals surface area (Å²) in [5.74, 6) is 0.405. The maximum Gasteiger partial charge on any atom is 0.203 e. The fourth-order valence-corrected chi connectivity index (χ4v) is 2.98. The predicted octanol–water partition coefficient (Wildman–Crippen LogP) is 1.09. The van der Waals surface area contributed by atoms with Crippen LogP contribution in [0.15, 0.2) is 6.20 Å². The normalized spacial score (nSPS) is 26.8. The maximum absolute atomic E-state index is 6.11. The van der Waals surface area contributed by atoms with Gasteiger partial charge in [-0.25, -0.2) is 4.98 Å². The molecule has 1 fully saturated rings. The Bertz CT molecular complexity index is 597. The van der Waals surface area contributed by atoms with Crippen molar-refractivity contribution in [3.8, 4) is 0 Å². The van der Waals surface area contributed by atoms with Crippen LogP contribution < -0.4 is 5.73 Å². The number of aryl methyl sites for hydroxylation is 1. The van der Waals surface area contributed by atoms with Crippen molar-refractivity contribution >= 4 is 18.0 Å². The molecule has 1 saturated heterocycles. The fraction of sp³-hybridized carbons (Fsp3) is 0.733. The Morgan fingerprint density at radius 3 is 2.62 bits per heavy atom. The first-order chi connectivity index (χ1) is 11.5. The number of hydrogen-bond donors (Lipinski definition) is 1. The minimum atomic E-state index is -0.480. The molecule has 8 nitrogen and oxygen atoms in total. The van der Waals surface area contributed by atoms with Crippen LogP contribution in [0.4, 0.5) is 5.82 Å². The van der Waals surface area contributed by atoms with Gasteiger partial charge in [-0.2, -0.15) is 0 Å². The molecule has 1 aliphatic heterocycles. The van der Waals surface area contributed by atoms with Gasteiger partial charge in [-0.15, -0.1) is 0 Å². The van der Waals surface area contributed by atoms with Crippen LogP contribution in [-0.4, -0.2) is 69.0 Å². The molecule has 1 unspecified atom stereocenters. The predicted molar refractivity (Wildman–Crippen MR) is 90.4 cm³/mol. The number of nitrogen functional groups attached to an aromatic ring is 1. The van der Waals surface area contributed by atoms with E-state index in [1.807, 2.05) is 13.1 Å². The van der Waals surface area contributed by atoms with Crippen molar-refractivity contribution in [2.75, 3.05) is 46.9 Å². The van der Waals surface area contributed by atoms with Crippen LogP contribution in [0.1, 0.15) is 11.8 Å². The molecule has 0 aliphatic carbocycles. The summed E-state index contributed by atoms with van der Waals surface area (Å²) in [6.07, 6.45) is 0.390. The van der Waals surface area contributed by atoms with E-state index < -0.39 is 6.23 Å². The van der Waals surface area contributed by atoms with Gasteiger partial charge in [0.15, 0.2) is 6.23 Å². The molecule has 0 bridgehead atoms. The van der Waals surface area contributed by atoms with E-state index >= 15 is 0 Å². The Labute approximate surface area is 146 Å². The van der Waals surface area contributed by atoms with Gasteiger partial charge in [0, 0.05) is 33.1 Å². The van der Waals surface area contributed by atoms with E-state index in [2.05, 4.69) is 4.98 Å². The highest BCUT2D eigenvalue weighted by atomic mass is 32.1. The Hall–Kier alpha value is -1.10. The third-order valence-corrected chi connectivity index (χ3v) is 4.24. The zero-order chi connectivity index (χ0) is 17.7. The molecule has 136 valence electrons. The minimum absolute atomic E-state index is 0.280. The standard InChI is InChI=1S/C15H25N3O5S/c1-9-7-18(15(24)17-13(9)16)14-12(22-6-5-19-2)11(21-4)10(23-14)8-20-3/h7,10-12,14H,5-6,8H2,1-4H3,(H2,16,17,24)/t10-,11?,12+,14-/m1/s1. The molecule has 0 radical (unpaired) electrons. The highest BCUT2D eigenvalue weighted by Gasteiger charge is 2.47. The first-order valence-corrected chi connectivity index (χ1v) is 8.07. The molecule has 24 heavy (non-hydrogen) atoms. The summed E-state index contributed by atoms with van der Waals surface area (Å²) in [7, 11) is 4.86. The SMILES string of the molecule is COCCO[C@H]1C(OC)[C@@H](COC)O[C@H]1n1cc(C)c(N)nc1=S. The van der Waals surface area contributed by atoms with Crippen molar-refractivity contribution in [1.29, 1.82) is 0 Å². The Kier molecular flexibility index (Phi) is 7.08. The summed E-state index contributed by atoms with van der Waals surface area (Å²) in [4.78, 5) is 4.19. The van der Waals surface area contributed by atoms with Crippen LogP contribution in [0.3, 0.4) is 0 Å². The average Bonchev–Trinajstić information content (AvgIpc) is 2.89. The van der Waals surface area contributed by atoms with Crippen LogP contribution in [0.25, 0.3) is 0 Å². The lowest BCUT2D eigenvalue weighted by molar-refractivity contribution is -0.0844. The third-order valence-electron chi connectivity index (χ3n) is 3.93. The van der Waals surface area contributed by atoms with E-state index in [4.69, 9.17) is 41.6 Å². The summed E-state index contributed by atoms with van der Waals surface area (Å²) in [5, 5.41) is 0. The zero-order valence-corrected chi connectivity index (χ0v) is 15.2. The van der Waals surface area contributed by atoms with E-state index in [1.54, 1.807) is 25.9 Å². The summed E-state index contributed by atoms with van der Waals surface area (Å²) >= 11 is 5.34. The van der Waals surface area contributed by atoms with Gasteiger partial charge in [0.1, 0.15) is 24.1 Å². The maximum atomic E-state index is 6.11. The fourth-order valence-electron chi connectivity index (χ4n) is 2.72. The van der Waals surface area contributed by atoms with Gasteiger partial charge in [0.25, 0.3) is 0 Å². The number of anilines is 1. The zero-order valence-electron chi connectivity index (χ0n) is 14.4. The van der Waals surface area contributed by atoms with Crippen molar-refractivity contribution in [1.82, 2.24) is 9.55 Å². The van der Waals surface area contributed by atoms with Gasteiger partial charge in [0.2, 0.25) is 4.77 Å². The molecule has 1 aliphatic rings. The summed E-state index contributed by atoms with van der Waals surface area (Å²) < 4.78 is 30.0. The Morgan fingerprint density at radius 2 is 2.00 bits per heavy atom. The van der Waals surface area contributed by atoms with Crippen molar-refractivity contribution in [3.05, 3.63) is 16.5 Å². The van der Waals surface area contributed by atoms with Crippen LogP contribution in [0.2, 0.25) is 0 Å². The summed E-state index contributed by atoms with van der Waals surface area (Å²) in [6.45, 7) is 3.13. The molecular formula is C15H25N3O5S. The number of aromatic nitrogens is 2. The van der Waals surface area contributed by atoms with Gasteiger partial charge < -0.3 is 29.4 Å². The van der Waals surface area contributed by atoms with Gasteiger partial charge in [-0.1, -0.05) is 0 Å². The lowest BCUT2D eigenvalue weighted by atomic mass is 10.1. The number of hydrogen-bond acceptors (Lipinski definition) is 8. The van der Waals surface area contributed by atoms with E-state index in [0.717, 1.165) is 5.56 Å². The molecular weight excluding hydrogens is 334 g/mol. The molecule has 1 aromatic heterocycles. The van der Waals surface area contributed by atoms with Crippen LogP contribution >= 0.6 is 12.2 Å². The molecule has 2 N–H and O–H groups in total. The molecule has 4 atom stereocenters. The van der Waals surface area contributed by atoms with E-state index in [1.165, 1.54) is 0 Å². The molecule has 0 amide bonds. The van der Waals surface area contributed by atoms with Crippen molar-refractivity contribution in [2.45, 2.75) is 31.5 Å². The van der Waals surface area contributed by atoms with E-state index in [9.17, 15) is 0 Å². The molecule has 1 aromatic rings. The number of nitrogens with zero attached hydrogens (tertiary/aromatic N) is 2. The number of nitrogens with two attached hydrogens (primary N) is 1. The van der Waals surface area contributed by atoms with Gasteiger partial charge in [0.05, 0.1) is 19.8 Å². The van der Waals surface area contributed by atoms with Crippen LogP contribution in [0.5, 0.6) is 0 Å². The second kappa shape index (κ2) is 8.84. The van der Waals surface area contributed by atoms with Gasteiger partial charge in [-0.3, -0.25) is 4.57 Å². The lowest BCUT2D eigenvalue weighted by Crippen LogP contribution is -2.38. The van der Waals surface area contributed by atoms with E-state index in [0.29, 0.717) is 30.4 Å². The average molecular weight is 359 g/mol. The quantitative estimate of drug-likeness (QED) is 0.545. The number of rotatable bonds is 8. The van der Waals surface area contributed by atoms with Gasteiger partial charge >= 0.3 is 0 Å². The molecule has 2 rings (SSSR count). The summed E-state index contributed by atoms with van der Waals surface area (Å²) in [5.41, 5.74) is 6.64. The largest absolute Gasteiger partial charge is 0.383 e. The Morgan fingerprint density at radius 1 is 1.25 bits per heavy atom. The molecule has 0 saturated carbocycles. The van der Waals surface area contributed by atoms with Gasteiger partial charge in [-0.05, 0) is 19.1 Å². The second-order valence-corrected chi connectivity index (χ2v) is 5.91. The first kappa shape index (κ1) is 19.2. The number of methoxy groups -OCH3 is 3. The molecule has 0 spiro atoms. The highest BCUT2D eigenvalue weighted by molar-refractivity contribution is 7.71. The minimum Gasteiger partial charge on any atom is -0.383 e. The monoisotopic (exact) mass is 359 g/mol. The topological polar surface area (TPSA) is 90.0 Å². The second-order valence-electron chi connectivity index (χ2n) is 5.55. The first-order valence-electron chi connectivity index (χ1n) is 7.66. The van der Waals surface area contributed by atoms with E-state index in [-0.39, 0.29) is 18.3 Å². The molecule has 9 heteroatoms.